The van der Waals surface area contributed by atoms with Gasteiger partial charge in [-0.05, 0) is 19.3 Å². The minimum atomic E-state index is -1.16. The van der Waals surface area contributed by atoms with Gasteiger partial charge in [-0.25, -0.2) is 9.59 Å². The van der Waals surface area contributed by atoms with Crippen LogP contribution in [0.2, 0.25) is 0 Å². The van der Waals surface area contributed by atoms with Crippen molar-refractivity contribution in [1.82, 2.24) is 4.90 Å². The molecular weight excluding hydrogens is 222 g/mol. The minimum Gasteiger partial charge on any atom is -0.419 e. The molecule has 2 heterocycles. The monoisotopic (exact) mass is 239 g/mol. The van der Waals surface area contributed by atoms with Crippen molar-refractivity contribution in [2.24, 2.45) is 0 Å². The molecule has 0 saturated carbocycles. The summed E-state index contributed by atoms with van der Waals surface area (Å²) < 4.78 is 10.2. The first-order chi connectivity index (χ1) is 7.91. The average Bonchev–Trinajstić information content (AvgIpc) is 2.17. The predicted octanol–water partition coefficient (Wildman–Crippen LogP) is 1.19. The zero-order chi connectivity index (χ0) is 12.6. The second-order valence-electron chi connectivity index (χ2n) is 4.88. The van der Waals surface area contributed by atoms with Gasteiger partial charge in [-0.3, -0.25) is 0 Å². The molecule has 2 fully saturated rings. The lowest BCUT2D eigenvalue weighted by molar-refractivity contribution is -0.222. The van der Waals surface area contributed by atoms with Gasteiger partial charge in [0.2, 0.25) is 0 Å². The molecule has 94 valence electrons. The van der Waals surface area contributed by atoms with E-state index in [4.69, 9.17) is 9.47 Å². The number of hydrogen-bond donors (Lipinski definition) is 0. The van der Waals surface area contributed by atoms with Crippen molar-refractivity contribution in [1.29, 1.82) is 0 Å². The van der Waals surface area contributed by atoms with Gasteiger partial charge in [0.05, 0.1) is 0 Å². The highest BCUT2D eigenvalue weighted by Gasteiger charge is 2.41. The number of nitrogens with zero attached hydrogens (tertiary/aromatic N) is 1. The Bertz CT molecular complexity index is 375. The summed E-state index contributed by atoms with van der Waals surface area (Å²) in [6, 6.07) is 0. The number of carbonyl (C=O) groups is 2. The number of cyclic esters (lactones) is 2. The molecule has 0 N–H and O–H groups in total. The Morgan fingerprint density at radius 2 is 1.71 bits per heavy atom. The zero-order valence-corrected chi connectivity index (χ0v) is 10.4. The van der Waals surface area contributed by atoms with Gasteiger partial charge >= 0.3 is 11.9 Å². The third-order valence-electron chi connectivity index (χ3n) is 2.99. The molecule has 2 aliphatic heterocycles. The van der Waals surface area contributed by atoms with E-state index in [-0.39, 0.29) is 5.57 Å². The van der Waals surface area contributed by atoms with Crippen LogP contribution in [0.25, 0.3) is 0 Å². The normalized spacial score (nSPS) is 24.5. The van der Waals surface area contributed by atoms with Crippen LogP contribution in [0.1, 0.15) is 33.1 Å². The van der Waals surface area contributed by atoms with E-state index in [1.807, 2.05) is 11.9 Å². The highest BCUT2D eigenvalue weighted by molar-refractivity contribution is 6.16. The van der Waals surface area contributed by atoms with Crippen molar-refractivity contribution >= 4 is 11.9 Å². The molecule has 0 spiro atoms. The fourth-order valence-corrected chi connectivity index (χ4v) is 2.17. The van der Waals surface area contributed by atoms with Gasteiger partial charge in [0.15, 0.2) is 5.57 Å². The number of piperidine rings is 1. The van der Waals surface area contributed by atoms with Gasteiger partial charge in [-0.1, -0.05) is 0 Å². The Labute approximate surface area is 100 Å². The first-order valence-corrected chi connectivity index (χ1v) is 5.82. The third-order valence-corrected chi connectivity index (χ3v) is 2.99. The van der Waals surface area contributed by atoms with Gasteiger partial charge in [0.1, 0.15) is 0 Å². The number of carbonyl (C=O) groups excluding carboxylic acids is 2. The van der Waals surface area contributed by atoms with E-state index in [2.05, 4.69) is 0 Å². The van der Waals surface area contributed by atoms with Crippen molar-refractivity contribution < 1.29 is 19.1 Å². The fraction of sp³-hybridized carbons (Fsp3) is 0.667. The Morgan fingerprint density at radius 3 is 2.24 bits per heavy atom. The molecule has 0 aromatic heterocycles. The van der Waals surface area contributed by atoms with E-state index in [1.165, 1.54) is 0 Å². The quantitative estimate of drug-likeness (QED) is 0.361. The molecular formula is C12H17NO4. The number of hydrogen-bond acceptors (Lipinski definition) is 5. The Balaban J connectivity index is 2.34. The van der Waals surface area contributed by atoms with Crippen LogP contribution < -0.4 is 0 Å². The van der Waals surface area contributed by atoms with Gasteiger partial charge in [0, 0.05) is 33.1 Å². The predicted molar refractivity (Wildman–Crippen MR) is 59.8 cm³/mol. The topological polar surface area (TPSA) is 55.8 Å². The van der Waals surface area contributed by atoms with Gasteiger partial charge in [-0.2, -0.15) is 0 Å². The van der Waals surface area contributed by atoms with Crippen molar-refractivity contribution in [3.63, 3.8) is 0 Å². The summed E-state index contributed by atoms with van der Waals surface area (Å²) in [4.78, 5) is 25.6. The molecule has 0 bridgehead atoms. The average molecular weight is 239 g/mol. The van der Waals surface area contributed by atoms with Crippen LogP contribution in [0.5, 0.6) is 0 Å². The standard InChI is InChI=1S/C12H17NO4/c1-12(2)16-10(14)9(11(15)17-12)8-6-4-5-7-13(8)3/h4-7H2,1-3H3. The summed E-state index contributed by atoms with van der Waals surface area (Å²) in [6.07, 6.45) is 2.77. The highest BCUT2D eigenvalue weighted by Crippen LogP contribution is 2.29. The molecule has 0 unspecified atom stereocenters. The first kappa shape index (κ1) is 12.0. The maximum Gasteiger partial charge on any atom is 0.350 e. The molecule has 2 rings (SSSR count). The van der Waals surface area contributed by atoms with Crippen LogP contribution in [-0.2, 0) is 19.1 Å². The lowest BCUT2D eigenvalue weighted by Gasteiger charge is -2.34. The third kappa shape index (κ3) is 2.28. The van der Waals surface area contributed by atoms with Crippen LogP contribution in [-0.4, -0.2) is 36.2 Å². The van der Waals surface area contributed by atoms with E-state index in [0.717, 1.165) is 31.5 Å². The molecule has 2 aliphatic rings. The van der Waals surface area contributed by atoms with Crippen molar-refractivity contribution in [3.8, 4) is 0 Å². The Kier molecular flexibility index (Phi) is 2.85. The first-order valence-electron chi connectivity index (χ1n) is 5.82. The number of ether oxygens (including phenoxy) is 2. The minimum absolute atomic E-state index is 0.0616. The van der Waals surface area contributed by atoms with Crippen LogP contribution in [0.4, 0.5) is 0 Å². The summed E-state index contributed by atoms with van der Waals surface area (Å²) in [5.74, 6) is -2.31. The number of allylic oxidation sites excluding steroid dienone is 1. The molecule has 0 aromatic carbocycles. The molecule has 2 saturated heterocycles. The summed E-state index contributed by atoms with van der Waals surface area (Å²) >= 11 is 0. The molecule has 5 nitrogen and oxygen atoms in total. The lowest BCUT2D eigenvalue weighted by Crippen LogP contribution is -2.43. The Morgan fingerprint density at radius 1 is 1.12 bits per heavy atom. The van der Waals surface area contributed by atoms with Gasteiger partial charge < -0.3 is 14.4 Å². The lowest BCUT2D eigenvalue weighted by atomic mass is 10.0. The van der Waals surface area contributed by atoms with E-state index < -0.39 is 17.7 Å². The molecule has 0 aromatic rings. The Hall–Kier alpha value is -1.52. The fourth-order valence-electron chi connectivity index (χ4n) is 2.17. The second kappa shape index (κ2) is 4.05. The smallest absolute Gasteiger partial charge is 0.350 e. The van der Waals surface area contributed by atoms with Crippen LogP contribution in [0, 0.1) is 0 Å². The maximum absolute atomic E-state index is 11.9. The van der Waals surface area contributed by atoms with E-state index in [1.54, 1.807) is 13.8 Å². The highest BCUT2D eigenvalue weighted by atomic mass is 16.7. The molecule has 5 heteroatoms. The summed E-state index contributed by atoms with van der Waals surface area (Å²) in [5.41, 5.74) is 0.799. The maximum atomic E-state index is 11.9. The summed E-state index contributed by atoms with van der Waals surface area (Å²) in [5, 5.41) is 0. The summed E-state index contributed by atoms with van der Waals surface area (Å²) in [6.45, 7) is 3.95. The second-order valence-corrected chi connectivity index (χ2v) is 4.88. The van der Waals surface area contributed by atoms with Crippen LogP contribution in [0.15, 0.2) is 11.3 Å². The molecule has 17 heavy (non-hydrogen) atoms. The van der Waals surface area contributed by atoms with Gasteiger partial charge in [0.25, 0.3) is 5.79 Å². The van der Waals surface area contributed by atoms with E-state index >= 15 is 0 Å². The number of likely N-dealkylation sites (tertiary alicyclic amines) is 1. The SMILES string of the molecule is CN1CCCCC1=C1C(=O)OC(C)(C)OC1=O. The number of rotatable bonds is 0. The molecule has 0 aliphatic carbocycles. The van der Waals surface area contributed by atoms with Crippen LogP contribution in [0.3, 0.4) is 0 Å². The zero-order valence-electron chi connectivity index (χ0n) is 10.4. The number of esters is 2. The van der Waals surface area contributed by atoms with E-state index in [9.17, 15) is 9.59 Å². The van der Waals surface area contributed by atoms with Crippen molar-refractivity contribution in [2.75, 3.05) is 13.6 Å². The molecule has 0 radical (unpaired) electrons. The molecule has 0 atom stereocenters. The van der Waals surface area contributed by atoms with Crippen LogP contribution >= 0.6 is 0 Å². The summed E-state index contributed by atoms with van der Waals surface area (Å²) in [7, 11) is 1.88. The van der Waals surface area contributed by atoms with Gasteiger partial charge in [-0.15, -0.1) is 0 Å². The largest absolute Gasteiger partial charge is 0.419 e. The van der Waals surface area contributed by atoms with Crippen molar-refractivity contribution in [2.45, 2.75) is 38.9 Å². The van der Waals surface area contributed by atoms with E-state index in [0.29, 0.717) is 0 Å². The van der Waals surface area contributed by atoms with Crippen molar-refractivity contribution in [3.05, 3.63) is 11.3 Å². The molecule has 0 amide bonds.